The number of hydrogen-bond acceptors (Lipinski definition) is 3. The van der Waals surface area contributed by atoms with E-state index in [9.17, 15) is 0 Å². The van der Waals surface area contributed by atoms with Gasteiger partial charge in [-0.1, -0.05) is 24.3 Å². The second-order valence-corrected chi connectivity index (χ2v) is 5.14. The number of fused-ring (bicyclic) bond motifs is 1. The van der Waals surface area contributed by atoms with Crippen molar-refractivity contribution in [1.82, 2.24) is 20.1 Å². The molecule has 1 aromatic heterocycles. The van der Waals surface area contributed by atoms with Gasteiger partial charge in [0.15, 0.2) is 0 Å². The maximum Gasteiger partial charge on any atom is 0.140 e. The van der Waals surface area contributed by atoms with Crippen molar-refractivity contribution in [2.75, 3.05) is 0 Å². The highest BCUT2D eigenvalue weighted by molar-refractivity contribution is 6.21. The van der Waals surface area contributed by atoms with Gasteiger partial charge in [-0.3, -0.25) is 4.68 Å². The summed E-state index contributed by atoms with van der Waals surface area (Å²) in [5.41, 5.74) is 2.65. The Balaban J connectivity index is 1.75. The average Bonchev–Trinajstić information content (AvgIpc) is 2.90. The molecule has 18 heavy (non-hydrogen) atoms. The fraction of sp³-hybridized carbons (Fsp3) is 0.385. The average molecular weight is 263 g/mol. The van der Waals surface area contributed by atoms with E-state index in [1.807, 2.05) is 7.05 Å². The quantitative estimate of drug-likeness (QED) is 0.858. The highest BCUT2D eigenvalue weighted by atomic mass is 35.5. The molecular formula is C13H15ClN4. The van der Waals surface area contributed by atoms with Crippen molar-refractivity contribution < 1.29 is 0 Å². The van der Waals surface area contributed by atoms with Gasteiger partial charge in [0.2, 0.25) is 0 Å². The third-order valence-electron chi connectivity index (χ3n) is 3.45. The van der Waals surface area contributed by atoms with Crippen LogP contribution in [0.1, 0.15) is 23.0 Å². The zero-order valence-corrected chi connectivity index (χ0v) is 10.9. The first-order chi connectivity index (χ1) is 8.75. The zero-order valence-electron chi connectivity index (χ0n) is 10.2. The summed E-state index contributed by atoms with van der Waals surface area (Å²) in [4.78, 5) is 4.20. The molecule has 0 fully saturated rings. The number of halogens is 1. The van der Waals surface area contributed by atoms with Crippen LogP contribution in [-0.4, -0.2) is 20.1 Å². The Morgan fingerprint density at radius 1 is 1.44 bits per heavy atom. The van der Waals surface area contributed by atoms with E-state index in [4.69, 9.17) is 11.6 Å². The lowest BCUT2D eigenvalue weighted by atomic mass is 10.1. The van der Waals surface area contributed by atoms with Gasteiger partial charge in [-0.25, -0.2) is 4.98 Å². The molecule has 0 amide bonds. The minimum absolute atomic E-state index is 0.107. The Hall–Kier alpha value is -1.39. The van der Waals surface area contributed by atoms with E-state index in [-0.39, 0.29) is 11.4 Å². The summed E-state index contributed by atoms with van der Waals surface area (Å²) < 4.78 is 1.77. The number of aromatic nitrogens is 3. The highest BCUT2D eigenvalue weighted by Gasteiger charge is 2.30. The summed E-state index contributed by atoms with van der Waals surface area (Å²) in [5.74, 6) is 0.920. The van der Waals surface area contributed by atoms with Crippen molar-refractivity contribution in [2.45, 2.75) is 24.4 Å². The molecule has 5 heteroatoms. The van der Waals surface area contributed by atoms with E-state index in [1.165, 1.54) is 11.1 Å². The fourth-order valence-electron chi connectivity index (χ4n) is 2.47. The van der Waals surface area contributed by atoms with Gasteiger partial charge >= 0.3 is 0 Å². The summed E-state index contributed by atoms with van der Waals surface area (Å²) in [7, 11) is 1.89. The molecule has 1 N–H and O–H groups in total. The third kappa shape index (κ3) is 2.02. The van der Waals surface area contributed by atoms with Crippen LogP contribution in [0, 0.1) is 0 Å². The first kappa shape index (κ1) is 11.7. The smallest absolute Gasteiger partial charge is 0.140 e. The normalized spacial score (nSPS) is 22.1. The highest BCUT2D eigenvalue weighted by Crippen LogP contribution is 2.34. The molecule has 0 aliphatic heterocycles. The molecule has 2 unspecified atom stereocenters. The monoisotopic (exact) mass is 262 g/mol. The molecule has 4 nitrogen and oxygen atoms in total. The standard InChI is InChI=1S/C13H15ClN4/c1-18-12(16-8-17-18)7-15-13-10-5-3-2-4-9(10)6-11(13)14/h2-5,8,11,13,15H,6-7H2,1H3. The van der Waals surface area contributed by atoms with Crippen molar-refractivity contribution in [3.63, 3.8) is 0 Å². The molecule has 2 atom stereocenters. The Labute approximate surface area is 111 Å². The van der Waals surface area contributed by atoms with Crippen molar-refractivity contribution >= 4 is 11.6 Å². The Bertz CT molecular complexity index is 551. The topological polar surface area (TPSA) is 42.7 Å². The van der Waals surface area contributed by atoms with Crippen LogP contribution >= 0.6 is 11.6 Å². The van der Waals surface area contributed by atoms with Crippen LogP contribution in [0.4, 0.5) is 0 Å². The number of nitrogens with one attached hydrogen (secondary N) is 1. The van der Waals surface area contributed by atoms with E-state index in [2.05, 4.69) is 39.7 Å². The molecule has 1 heterocycles. The van der Waals surface area contributed by atoms with E-state index in [1.54, 1.807) is 11.0 Å². The SMILES string of the molecule is Cn1ncnc1CNC1c2ccccc2CC1Cl. The largest absolute Gasteiger partial charge is 0.302 e. The maximum atomic E-state index is 6.42. The zero-order chi connectivity index (χ0) is 12.5. The van der Waals surface area contributed by atoms with Crippen molar-refractivity contribution in [3.05, 3.63) is 47.5 Å². The lowest BCUT2D eigenvalue weighted by molar-refractivity contribution is 0.511. The van der Waals surface area contributed by atoms with Gasteiger partial charge in [0, 0.05) is 13.1 Å². The molecular weight excluding hydrogens is 248 g/mol. The number of alkyl halides is 1. The van der Waals surface area contributed by atoms with Crippen molar-refractivity contribution in [2.24, 2.45) is 7.05 Å². The molecule has 2 aromatic rings. The molecule has 1 aliphatic carbocycles. The fourth-order valence-corrected chi connectivity index (χ4v) is 2.86. The Kier molecular flexibility index (Phi) is 3.06. The van der Waals surface area contributed by atoms with Crippen LogP contribution in [0.2, 0.25) is 0 Å². The van der Waals surface area contributed by atoms with Gasteiger partial charge in [0.05, 0.1) is 11.9 Å². The van der Waals surface area contributed by atoms with Gasteiger partial charge in [-0.05, 0) is 17.5 Å². The molecule has 0 spiro atoms. The maximum absolute atomic E-state index is 6.42. The van der Waals surface area contributed by atoms with E-state index in [0.29, 0.717) is 6.54 Å². The number of aryl methyl sites for hydroxylation is 1. The van der Waals surface area contributed by atoms with E-state index in [0.717, 1.165) is 12.2 Å². The molecule has 1 aromatic carbocycles. The van der Waals surface area contributed by atoms with Gasteiger partial charge in [0.1, 0.15) is 12.2 Å². The van der Waals surface area contributed by atoms with Gasteiger partial charge < -0.3 is 5.32 Å². The van der Waals surface area contributed by atoms with Crippen LogP contribution in [0.5, 0.6) is 0 Å². The minimum Gasteiger partial charge on any atom is -0.302 e. The van der Waals surface area contributed by atoms with Gasteiger partial charge in [0.25, 0.3) is 0 Å². The van der Waals surface area contributed by atoms with Gasteiger partial charge in [-0.2, -0.15) is 5.10 Å². The molecule has 1 aliphatic rings. The van der Waals surface area contributed by atoms with Gasteiger partial charge in [-0.15, -0.1) is 11.6 Å². The number of rotatable bonds is 3. The van der Waals surface area contributed by atoms with Crippen molar-refractivity contribution in [3.8, 4) is 0 Å². The van der Waals surface area contributed by atoms with Crippen LogP contribution in [0.25, 0.3) is 0 Å². The molecule has 3 rings (SSSR count). The Morgan fingerprint density at radius 3 is 3.06 bits per heavy atom. The predicted molar refractivity (Wildman–Crippen MR) is 70.4 cm³/mol. The third-order valence-corrected chi connectivity index (χ3v) is 3.86. The van der Waals surface area contributed by atoms with E-state index >= 15 is 0 Å². The summed E-state index contributed by atoms with van der Waals surface area (Å²) >= 11 is 6.42. The summed E-state index contributed by atoms with van der Waals surface area (Å²) in [6.45, 7) is 0.679. The molecule has 0 bridgehead atoms. The lowest BCUT2D eigenvalue weighted by Gasteiger charge is -2.16. The number of hydrogen-bond donors (Lipinski definition) is 1. The summed E-state index contributed by atoms with van der Waals surface area (Å²) in [6, 6.07) is 8.61. The first-order valence-electron chi connectivity index (χ1n) is 6.04. The van der Waals surface area contributed by atoms with Crippen molar-refractivity contribution in [1.29, 1.82) is 0 Å². The second-order valence-electron chi connectivity index (χ2n) is 4.58. The molecule has 0 saturated carbocycles. The molecule has 0 radical (unpaired) electrons. The predicted octanol–water partition coefficient (Wildman–Crippen LogP) is 1.81. The van der Waals surface area contributed by atoms with Crippen LogP contribution in [-0.2, 0) is 20.0 Å². The second kappa shape index (κ2) is 4.71. The van der Waals surface area contributed by atoms with E-state index < -0.39 is 0 Å². The van der Waals surface area contributed by atoms with Crippen LogP contribution in [0.3, 0.4) is 0 Å². The number of benzene rings is 1. The van der Waals surface area contributed by atoms with Crippen LogP contribution in [0.15, 0.2) is 30.6 Å². The molecule has 0 saturated heterocycles. The van der Waals surface area contributed by atoms with Crippen LogP contribution < -0.4 is 5.32 Å². The molecule has 94 valence electrons. The minimum atomic E-state index is 0.107. The lowest BCUT2D eigenvalue weighted by Crippen LogP contribution is -2.26. The Morgan fingerprint density at radius 2 is 2.28 bits per heavy atom. The summed E-state index contributed by atoms with van der Waals surface area (Å²) in [5, 5.41) is 7.64. The number of nitrogens with zero attached hydrogens (tertiary/aromatic N) is 3. The first-order valence-corrected chi connectivity index (χ1v) is 6.47. The summed E-state index contributed by atoms with van der Waals surface area (Å²) in [6.07, 6.45) is 2.49.